The van der Waals surface area contributed by atoms with Gasteiger partial charge in [0.15, 0.2) is 11.6 Å². The predicted octanol–water partition coefficient (Wildman–Crippen LogP) is 1.10. The number of nitrogens with two attached hydrogens (primary N) is 1. The van der Waals surface area contributed by atoms with Crippen LogP contribution >= 0.6 is 0 Å². The Bertz CT molecular complexity index is 639. The third-order valence-corrected chi connectivity index (χ3v) is 4.05. The van der Waals surface area contributed by atoms with E-state index in [4.69, 9.17) is 5.73 Å². The molecular weight excluding hydrogens is 323 g/mol. The van der Waals surface area contributed by atoms with Gasteiger partial charge in [-0.2, -0.15) is 0 Å². The molecule has 0 bridgehead atoms. The van der Waals surface area contributed by atoms with Crippen LogP contribution in [0, 0.1) is 17.5 Å². The van der Waals surface area contributed by atoms with Crippen molar-refractivity contribution in [2.45, 2.75) is 38.3 Å². The van der Waals surface area contributed by atoms with Crippen molar-refractivity contribution in [1.82, 2.24) is 10.2 Å². The maximum absolute atomic E-state index is 13.6. The quantitative estimate of drug-likeness (QED) is 0.786. The molecule has 1 aromatic carbocycles. The van der Waals surface area contributed by atoms with E-state index < -0.39 is 29.5 Å². The summed E-state index contributed by atoms with van der Waals surface area (Å²) in [4.78, 5) is 25.6. The fourth-order valence-corrected chi connectivity index (χ4v) is 2.84. The fourth-order valence-electron chi connectivity index (χ4n) is 2.84. The van der Waals surface area contributed by atoms with E-state index in [0.717, 1.165) is 6.07 Å². The van der Waals surface area contributed by atoms with Gasteiger partial charge in [-0.15, -0.1) is 0 Å². The molecule has 2 rings (SSSR count). The maximum atomic E-state index is 13.6. The summed E-state index contributed by atoms with van der Waals surface area (Å²) in [6.45, 7) is 2.55. The van der Waals surface area contributed by atoms with Crippen molar-refractivity contribution in [1.29, 1.82) is 0 Å². The Labute approximate surface area is 138 Å². The van der Waals surface area contributed by atoms with Gasteiger partial charge in [-0.1, -0.05) is 6.92 Å². The van der Waals surface area contributed by atoms with Crippen molar-refractivity contribution in [3.05, 3.63) is 35.1 Å². The number of piperazine rings is 1. The van der Waals surface area contributed by atoms with E-state index in [9.17, 15) is 22.8 Å². The van der Waals surface area contributed by atoms with Crippen LogP contribution in [-0.4, -0.2) is 41.9 Å². The number of nitrogens with one attached hydrogen (secondary N) is 1. The lowest BCUT2D eigenvalue weighted by atomic mass is 10.0. The summed E-state index contributed by atoms with van der Waals surface area (Å²) in [5.74, 6) is -3.86. The third kappa shape index (κ3) is 4.05. The highest BCUT2D eigenvalue weighted by molar-refractivity contribution is 5.88. The molecule has 24 heavy (non-hydrogen) atoms. The molecule has 2 amide bonds. The standard InChI is InChI=1S/C16H20F3N3O2/c1-2-14-16(24)21-3-4-22(14)15(23)7-10(20)5-9-6-12(18)13(19)8-11(9)17/h6,8,10,14H,2-5,7,20H2,1H3,(H,21,24). The topological polar surface area (TPSA) is 75.4 Å². The van der Waals surface area contributed by atoms with E-state index in [2.05, 4.69) is 5.32 Å². The van der Waals surface area contributed by atoms with Crippen LogP contribution in [0.4, 0.5) is 13.2 Å². The Balaban J connectivity index is 2.01. The number of amides is 2. The lowest BCUT2D eigenvalue weighted by Gasteiger charge is -2.35. The van der Waals surface area contributed by atoms with Crippen molar-refractivity contribution in [3.63, 3.8) is 0 Å². The number of rotatable bonds is 5. The minimum Gasteiger partial charge on any atom is -0.353 e. The lowest BCUT2D eigenvalue weighted by molar-refractivity contribution is -0.143. The van der Waals surface area contributed by atoms with E-state index in [1.807, 2.05) is 0 Å². The summed E-state index contributed by atoms with van der Waals surface area (Å²) in [5, 5.41) is 2.69. The average molecular weight is 343 g/mol. The molecule has 1 aliphatic rings. The highest BCUT2D eigenvalue weighted by Crippen LogP contribution is 2.17. The van der Waals surface area contributed by atoms with Gasteiger partial charge in [0.1, 0.15) is 11.9 Å². The summed E-state index contributed by atoms with van der Waals surface area (Å²) in [5.41, 5.74) is 5.78. The van der Waals surface area contributed by atoms with Crippen molar-refractivity contribution in [2.24, 2.45) is 5.73 Å². The van der Waals surface area contributed by atoms with E-state index in [-0.39, 0.29) is 30.2 Å². The molecule has 1 aliphatic heterocycles. The number of benzene rings is 1. The molecule has 132 valence electrons. The second-order valence-electron chi connectivity index (χ2n) is 5.83. The Hall–Kier alpha value is -2.09. The summed E-state index contributed by atoms with van der Waals surface area (Å²) >= 11 is 0. The minimum atomic E-state index is -1.27. The Kier molecular flexibility index (Phi) is 5.82. The normalized spacial score (nSPS) is 19.1. The summed E-state index contributed by atoms with van der Waals surface area (Å²) in [6.07, 6.45) is 0.262. The molecule has 0 aliphatic carbocycles. The van der Waals surface area contributed by atoms with Gasteiger partial charge < -0.3 is 16.0 Å². The van der Waals surface area contributed by atoms with Gasteiger partial charge >= 0.3 is 0 Å². The highest BCUT2D eigenvalue weighted by Gasteiger charge is 2.32. The number of halogens is 3. The molecule has 0 saturated carbocycles. The Morgan fingerprint density at radius 2 is 2.00 bits per heavy atom. The first kappa shape index (κ1) is 18.3. The molecular formula is C16H20F3N3O2. The van der Waals surface area contributed by atoms with Crippen molar-refractivity contribution in [3.8, 4) is 0 Å². The van der Waals surface area contributed by atoms with Crippen LogP contribution in [0.25, 0.3) is 0 Å². The molecule has 0 spiro atoms. The monoisotopic (exact) mass is 343 g/mol. The zero-order valence-corrected chi connectivity index (χ0v) is 13.3. The SMILES string of the molecule is CCC1C(=O)NCCN1C(=O)CC(N)Cc1cc(F)c(F)cc1F. The molecule has 3 N–H and O–H groups in total. The predicted molar refractivity (Wildman–Crippen MR) is 81.4 cm³/mol. The zero-order valence-electron chi connectivity index (χ0n) is 13.3. The molecule has 1 aromatic rings. The van der Waals surface area contributed by atoms with Crippen LogP contribution in [0.1, 0.15) is 25.3 Å². The van der Waals surface area contributed by atoms with Gasteiger partial charge in [0.05, 0.1) is 0 Å². The second kappa shape index (κ2) is 7.65. The zero-order chi connectivity index (χ0) is 17.9. The average Bonchev–Trinajstić information content (AvgIpc) is 2.52. The molecule has 0 aromatic heterocycles. The summed E-state index contributed by atoms with van der Waals surface area (Å²) < 4.78 is 39.8. The van der Waals surface area contributed by atoms with Crippen molar-refractivity contribution < 1.29 is 22.8 Å². The molecule has 1 fully saturated rings. The van der Waals surface area contributed by atoms with E-state index in [1.54, 1.807) is 6.92 Å². The smallest absolute Gasteiger partial charge is 0.242 e. The van der Waals surface area contributed by atoms with Gasteiger partial charge in [-0.25, -0.2) is 13.2 Å². The van der Waals surface area contributed by atoms with Crippen molar-refractivity contribution >= 4 is 11.8 Å². The molecule has 8 heteroatoms. The number of nitrogens with zero attached hydrogens (tertiary/aromatic N) is 1. The number of hydrogen-bond donors (Lipinski definition) is 2. The first-order valence-corrected chi connectivity index (χ1v) is 7.79. The Morgan fingerprint density at radius 3 is 2.67 bits per heavy atom. The van der Waals surface area contributed by atoms with Gasteiger partial charge in [-0.05, 0) is 24.5 Å². The molecule has 2 unspecified atom stereocenters. The summed E-state index contributed by atoms with van der Waals surface area (Å²) in [7, 11) is 0. The van der Waals surface area contributed by atoms with Gasteiger partial charge in [0.25, 0.3) is 0 Å². The van der Waals surface area contributed by atoms with E-state index >= 15 is 0 Å². The second-order valence-corrected chi connectivity index (χ2v) is 5.83. The fraction of sp³-hybridized carbons (Fsp3) is 0.500. The lowest BCUT2D eigenvalue weighted by Crippen LogP contribution is -2.57. The highest BCUT2D eigenvalue weighted by atomic mass is 19.2. The van der Waals surface area contributed by atoms with E-state index in [1.165, 1.54) is 4.90 Å². The molecule has 5 nitrogen and oxygen atoms in total. The maximum Gasteiger partial charge on any atom is 0.242 e. The first-order chi connectivity index (χ1) is 11.3. The van der Waals surface area contributed by atoms with Gasteiger partial charge in [0, 0.05) is 31.6 Å². The van der Waals surface area contributed by atoms with E-state index in [0.29, 0.717) is 25.6 Å². The van der Waals surface area contributed by atoms with Gasteiger partial charge in [0.2, 0.25) is 11.8 Å². The first-order valence-electron chi connectivity index (χ1n) is 7.79. The van der Waals surface area contributed by atoms with Crippen LogP contribution in [-0.2, 0) is 16.0 Å². The van der Waals surface area contributed by atoms with Crippen LogP contribution in [0.15, 0.2) is 12.1 Å². The molecule has 1 saturated heterocycles. The largest absolute Gasteiger partial charge is 0.353 e. The minimum absolute atomic E-state index is 0.0855. The molecule has 1 heterocycles. The number of carbonyl (C=O) groups is 2. The number of carbonyl (C=O) groups excluding carboxylic acids is 2. The van der Waals surface area contributed by atoms with Crippen LogP contribution < -0.4 is 11.1 Å². The number of hydrogen-bond acceptors (Lipinski definition) is 3. The van der Waals surface area contributed by atoms with Gasteiger partial charge in [-0.3, -0.25) is 9.59 Å². The van der Waals surface area contributed by atoms with Crippen LogP contribution in [0.3, 0.4) is 0 Å². The molecule has 2 atom stereocenters. The third-order valence-electron chi connectivity index (χ3n) is 4.05. The summed E-state index contributed by atoms with van der Waals surface area (Å²) in [6, 6.07) is -0.0998. The molecule has 0 radical (unpaired) electrons. The van der Waals surface area contributed by atoms with Crippen LogP contribution in [0.5, 0.6) is 0 Å². The van der Waals surface area contributed by atoms with Crippen molar-refractivity contribution in [2.75, 3.05) is 13.1 Å². The Morgan fingerprint density at radius 1 is 1.33 bits per heavy atom. The van der Waals surface area contributed by atoms with Crippen LogP contribution in [0.2, 0.25) is 0 Å².